The highest BCUT2D eigenvalue weighted by Gasteiger charge is 2.30. The number of anilines is 2. The monoisotopic (exact) mass is 652 g/mol. The maximum absolute atomic E-state index is 13.8. The maximum atomic E-state index is 13.8. The zero-order chi connectivity index (χ0) is 31.3. The molecule has 0 aromatic heterocycles. The highest BCUT2D eigenvalue weighted by Crippen LogP contribution is 2.32. The van der Waals surface area contributed by atoms with Gasteiger partial charge in [0.1, 0.15) is 0 Å². The lowest BCUT2D eigenvalue weighted by atomic mass is 10.1. The topological polar surface area (TPSA) is 99.3 Å². The Morgan fingerprint density at radius 1 is 0.841 bits per heavy atom. The number of carbonyl (C=O) groups excluding carboxylic acids is 2. The van der Waals surface area contributed by atoms with E-state index in [2.05, 4.69) is 5.32 Å². The number of piperazine rings is 1. The van der Waals surface area contributed by atoms with Crippen LogP contribution in [0.5, 0.6) is 5.75 Å². The minimum absolute atomic E-state index is 0.0777. The molecule has 1 saturated heterocycles. The molecule has 4 aromatic carbocycles. The molecule has 1 unspecified atom stereocenters. The average molecular weight is 654 g/mol. The standard InChI is InChI=1S/C32H30Cl2N4O5S/c1-23(31(39)35-26-8-4-2-5-9-26)36-18-20-37(21-19-36)32(40)24-12-15-28(16-13-24)44(41,42)38(27-10-6-3-7-11-27)43-30-17-14-25(33)22-29(30)34/h2-17,22-23H,18-21H2,1H3,(H,35,39). The molecule has 4 aromatic rings. The van der Waals surface area contributed by atoms with Gasteiger partial charge in [-0.25, -0.2) is 0 Å². The third-order valence-electron chi connectivity index (χ3n) is 7.23. The normalized spacial score (nSPS) is 14.5. The fourth-order valence-electron chi connectivity index (χ4n) is 4.72. The number of rotatable bonds is 9. The number of amides is 2. The largest absolute Gasteiger partial charge is 0.363 e. The van der Waals surface area contributed by atoms with E-state index in [1.54, 1.807) is 41.3 Å². The van der Waals surface area contributed by atoms with Crippen LogP contribution in [0.25, 0.3) is 0 Å². The number of hydrogen-bond acceptors (Lipinski definition) is 6. The van der Waals surface area contributed by atoms with Gasteiger partial charge in [0.25, 0.3) is 15.9 Å². The summed E-state index contributed by atoms with van der Waals surface area (Å²) in [5.41, 5.74) is 1.33. The molecule has 1 aliphatic rings. The van der Waals surface area contributed by atoms with Crippen LogP contribution in [-0.2, 0) is 14.8 Å². The Morgan fingerprint density at radius 3 is 2.07 bits per heavy atom. The molecule has 12 heteroatoms. The molecule has 5 rings (SSSR count). The Labute approximate surface area is 266 Å². The van der Waals surface area contributed by atoms with E-state index in [0.29, 0.717) is 36.8 Å². The summed E-state index contributed by atoms with van der Waals surface area (Å²) in [5.74, 6) is -0.236. The van der Waals surface area contributed by atoms with E-state index in [1.807, 2.05) is 42.2 Å². The molecule has 0 spiro atoms. The summed E-state index contributed by atoms with van der Waals surface area (Å²) >= 11 is 12.3. The zero-order valence-corrected chi connectivity index (χ0v) is 26.1. The number of sulfonamides is 1. The predicted molar refractivity (Wildman–Crippen MR) is 172 cm³/mol. The quantitative estimate of drug-likeness (QED) is 0.224. The molecule has 2 amide bonds. The molecule has 1 fully saturated rings. The van der Waals surface area contributed by atoms with Crippen molar-refractivity contribution in [2.24, 2.45) is 0 Å². The summed E-state index contributed by atoms with van der Waals surface area (Å²) in [6.45, 7) is 3.76. The van der Waals surface area contributed by atoms with Crippen molar-refractivity contribution >= 4 is 56.4 Å². The summed E-state index contributed by atoms with van der Waals surface area (Å²) < 4.78 is 28.3. The van der Waals surface area contributed by atoms with Crippen LogP contribution in [0.3, 0.4) is 0 Å². The second kappa shape index (κ2) is 13.7. The first-order valence-corrected chi connectivity index (χ1v) is 16.1. The van der Waals surface area contributed by atoms with E-state index in [0.717, 1.165) is 10.2 Å². The lowest BCUT2D eigenvalue weighted by Crippen LogP contribution is -2.54. The van der Waals surface area contributed by atoms with Crippen LogP contribution < -0.4 is 14.6 Å². The second-order valence-electron chi connectivity index (χ2n) is 10.1. The second-order valence-corrected chi connectivity index (χ2v) is 12.7. The lowest BCUT2D eigenvalue weighted by molar-refractivity contribution is -0.121. The maximum Gasteiger partial charge on any atom is 0.295 e. The third-order valence-corrected chi connectivity index (χ3v) is 9.35. The summed E-state index contributed by atoms with van der Waals surface area (Å²) in [6, 6.07) is 27.4. The molecule has 9 nitrogen and oxygen atoms in total. The molecule has 44 heavy (non-hydrogen) atoms. The van der Waals surface area contributed by atoms with Gasteiger partial charge in [0.15, 0.2) is 5.75 Å². The van der Waals surface area contributed by atoms with Crippen LogP contribution in [0, 0.1) is 0 Å². The number of benzene rings is 4. The highest BCUT2D eigenvalue weighted by molar-refractivity contribution is 7.92. The molecule has 1 atom stereocenters. The zero-order valence-electron chi connectivity index (χ0n) is 23.8. The van der Waals surface area contributed by atoms with Crippen LogP contribution in [0.4, 0.5) is 11.4 Å². The fraction of sp³-hybridized carbons (Fsp3) is 0.188. The van der Waals surface area contributed by atoms with Gasteiger partial charge in [-0.05, 0) is 73.7 Å². The van der Waals surface area contributed by atoms with Crippen LogP contribution in [0.15, 0.2) is 108 Å². The van der Waals surface area contributed by atoms with Crippen LogP contribution in [0.2, 0.25) is 10.0 Å². The Kier molecular flexibility index (Phi) is 9.75. The van der Waals surface area contributed by atoms with E-state index < -0.39 is 10.0 Å². The van der Waals surface area contributed by atoms with Gasteiger partial charge in [0, 0.05) is 42.5 Å². The average Bonchev–Trinajstić information content (AvgIpc) is 3.04. The Balaban J connectivity index is 1.26. The number of carbonyl (C=O) groups is 2. The summed E-state index contributed by atoms with van der Waals surface area (Å²) in [6.07, 6.45) is 0. The Morgan fingerprint density at radius 2 is 1.45 bits per heavy atom. The van der Waals surface area contributed by atoms with E-state index in [9.17, 15) is 18.0 Å². The number of nitrogens with zero attached hydrogens (tertiary/aromatic N) is 3. The van der Waals surface area contributed by atoms with Crippen molar-refractivity contribution < 1.29 is 22.8 Å². The van der Waals surface area contributed by atoms with Gasteiger partial charge >= 0.3 is 0 Å². The molecular weight excluding hydrogens is 623 g/mol. The number of hydrogen-bond donors (Lipinski definition) is 1. The molecule has 0 radical (unpaired) electrons. The highest BCUT2D eigenvalue weighted by atomic mass is 35.5. The first-order chi connectivity index (χ1) is 21.1. The van der Waals surface area contributed by atoms with Crippen molar-refractivity contribution in [1.29, 1.82) is 0 Å². The summed E-state index contributed by atoms with van der Waals surface area (Å²) in [5, 5.41) is 3.43. The van der Waals surface area contributed by atoms with Gasteiger partial charge < -0.3 is 15.1 Å². The minimum Gasteiger partial charge on any atom is -0.363 e. The fourth-order valence-corrected chi connectivity index (χ4v) is 6.42. The van der Waals surface area contributed by atoms with Gasteiger partial charge in [0.05, 0.1) is 21.6 Å². The molecule has 0 saturated carbocycles. The van der Waals surface area contributed by atoms with Crippen LogP contribution in [0.1, 0.15) is 17.3 Å². The van der Waals surface area contributed by atoms with E-state index in [4.69, 9.17) is 28.0 Å². The predicted octanol–water partition coefficient (Wildman–Crippen LogP) is 5.97. The van der Waals surface area contributed by atoms with Crippen molar-refractivity contribution in [2.75, 3.05) is 36.0 Å². The number of para-hydroxylation sites is 2. The van der Waals surface area contributed by atoms with Crippen LogP contribution in [-0.4, -0.2) is 62.3 Å². The number of halogens is 2. The smallest absolute Gasteiger partial charge is 0.295 e. The van der Waals surface area contributed by atoms with E-state index in [-0.39, 0.29) is 39.2 Å². The molecule has 1 heterocycles. The molecular formula is C32H30Cl2N4O5S. The summed E-state index contributed by atoms with van der Waals surface area (Å²) in [7, 11) is -4.24. The van der Waals surface area contributed by atoms with Gasteiger partial charge in [-0.15, -0.1) is 0 Å². The van der Waals surface area contributed by atoms with E-state index in [1.165, 1.54) is 36.4 Å². The van der Waals surface area contributed by atoms with E-state index >= 15 is 0 Å². The summed E-state index contributed by atoms with van der Waals surface area (Å²) in [4.78, 5) is 35.5. The van der Waals surface area contributed by atoms with Gasteiger partial charge in [-0.2, -0.15) is 8.42 Å². The lowest BCUT2D eigenvalue weighted by Gasteiger charge is -2.37. The third kappa shape index (κ3) is 7.16. The van der Waals surface area contributed by atoms with Crippen molar-refractivity contribution in [3.05, 3.63) is 119 Å². The van der Waals surface area contributed by atoms with Gasteiger partial charge in [0.2, 0.25) is 5.91 Å². The molecule has 0 aliphatic carbocycles. The molecule has 228 valence electrons. The SMILES string of the molecule is CC(C(=O)Nc1ccccc1)N1CCN(C(=O)c2ccc(S(=O)(=O)N(Oc3ccc(Cl)cc3Cl)c3ccccc3)cc2)CC1. The van der Waals surface area contributed by atoms with Crippen molar-refractivity contribution in [1.82, 2.24) is 9.80 Å². The van der Waals surface area contributed by atoms with Crippen molar-refractivity contribution in [3.63, 3.8) is 0 Å². The van der Waals surface area contributed by atoms with Crippen molar-refractivity contribution in [2.45, 2.75) is 17.9 Å². The Bertz CT molecular complexity index is 1720. The minimum atomic E-state index is -4.24. The molecule has 0 bridgehead atoms. The molecule has 1 aliphatic heterocycles. The van der Waals surface area contributed by atoms with Gasteiger partial charge in [-0.1, -0.05) is 64.1 Å². The van der Waals surface area contributed by atoms with Crippen molar-refractivity contribution in [3.8, 4) is 5.75 Å². The first kappa shape index (κ1) is 31.3. The van der Waals surface area contributed by atoms with Crippen LogP contribution >= 0.6 is 23.2 Å². The van der Waals surface area contributed by atoms with Gasteiger partial charge in [-0.3, -0.25) is 14.5 Å². The molecule has 1 N–H and O–H groups in total. The number of nitrogens with one attached hydrogen (secondary N) is 1. The first-order valence-electron chi connectivity index (χ1n) is 13.9. The Hall–Kier alpha value is -4.09.